The van der Waals surface area contributed by atoms with Crippen molar-refractivity contribution in [3.05, 3.63) is 60.8 Å². The van der Waals surface area contributed by atoms with Gasteiger partial charge in [-0.25, -0.2) is 4.79 Å². The van der Waals surface area contributed by atoms with Crippen LogP contribution in [0.25, 0.3) is 0 Å². The number of allylic oxidation sites excluding steroid dienone is 10. The predicted molar refractivity (Wildman–Crippen MR) is 201 cm³/mol. The number of hydrogen-bond acceptors (Lipinski definition) is 6. The second kappa shape index (κ2) is 32.2. The van der Waals surface area contributed by atoms with Crippen molar-refractivity contribution < 1.29 is 38.2 Å². The van der Waals surface area contributed by atoms with Gasteiger partial charge in [0.15, 0.2) is 12.1 Å². The highest BCUT2D eigenvalue weighted by Gasteiger charge is 2.31. The lowest BCUT2D eigenvalue weighted by Gasteiger charge is -2.31. The molecule has 0 aromatic rings. The summed E-state index contributed by atoms with van der Waals surface area (Å²) in [6, 6.07) is -0.624. The van der Waals surface area contributed by atoms with E-state index in [0.29, 0.717) is 19.3 Å². The van der Waals surface area contributed by atoms with Crippen molar-refractivity contribution in [3.8, 4) is 0 Å². The lowest BCUT2D eigenvalue weighted by Crippen LogP contribution is -2.50. The molecule has 8 heteroatoms. The summed E-state index contributed by atoms with van der Waals surface area (Å²) in [4.78, 5) is 36.7. The summed E-state index contributed by atoms with van der Waals surface area (Å²) < 4.78 is 17.1. The Bertz CT molecular complexity index is 990. The first-order valence-corrected chi connectivity index (χ1v) is 18.8. The molecule has 280 valence electrons. The quantitative estimate of drug-likeness (QED) is 0.0325. The summed E-state index contributed by atoms with van der Waals surface area (Å²) in [6.07, 6.45) is 37.1. The third kappa shape index (κ3) is 30.8. The van der Waals surface area contributed by atoms with Crippen molar-refractivity contribution in [2.45, 2.75) is 142 Å². The fraction of sp³-hybridized carbons (Fsp3) is 0.683. The van der Waals surface area contributed by atoms with Crippen LogP contribution in [-0.2, 0) is 28.6 Å². The van der Waals surface area contributed by atoms with Crippen molar-refractivity contribution in [2.75, 3.05) is 41.0 Å². The Balaban J connectivity index is 4.52. The normalized spacial score (nSPS) is 13.7. The number of unbranched alkanes of at least 4 members (excludes halogenated alkanes) is 8. The van der Waals surface area contributed by atoms with E-state index in [4.69, 9.17) is 14.2 Å². The average molecular weight is 689 g/mol. The Morgan fingerprint density at radius 2 is 1.16 bits per heavy atom. The number of esters is 2. The molecule has 0 amide bonds. The topological polar surface area (TPSA) is 99.1 Å². The summed E-state index contributed by atoms with van der Waals surface area (Å²) in [5, 5.41) is 9.57. The number of carbonyl (C=O) groups excluding carboxylic acids is 2. The molecule has 49 heavy (non-hydrogen) atoms. The molecule has 0 spiro atoms. The van der Waals surface area contributed by atoms with Crippen molar-refractivity contribution in [1.29, 1.82) is 0 Å². The van der Waals surface area contributed by atoms with Crippen LogP contribution in [0.3, 0.4) is 0 Å². The van der Waals surface area contributed by atoms with Gasteiger partial charge in [0.2, 0.25) is 0 Å². The molecule has 0 aromatic carbocycles. The summed E-state index contributed by atoms with van der Waals surface area (Å²) in [5.41, 5.74) is 0. The average Bonchev–Trinajstić information content (AvgIpc) is 3.05. The molecule has 0 bridgehead atoms. The number of carboxylic acid groups (broad SMARTS) is 1. The minimum absolute atomic E-state index is 0.0368. The van der Waals surface area contributed by atoms with Crippen LogP contribution in [0.4, 0.5) is 0 Å². The lowest BCUT2D eigenvalue weighted by atomic mass is 10.1. The van der Waals surface area contributed by atoms with Gasteiger partial charge in [-0.15, -0.1) is 0 Å². The molecule has 8 nitrogen and oxygen atoms in total. The highest BCUT2D eigenvalue weighted by molar-refractivity contribution is 5.72. The van der Waals surface area contributed by atoms with E-state index < -0.39 is 18.1 Å². The number of hydrogen-bond donors (Lipinski definition) is 1. The van der Waals surface area contributed by atoms with Gasteiger partial charge in [-0.2, -0.15) is 0 Å². The maximum absolute atomic E-state index is 12.6. The SMILES string of the molecule is CC/C=C/C/C=C/C/C=C/C/C=C/CCCCCC(=O)OC(COCCC(C(=O)O)[N+](C)(C)C)COC(=O)CCC/C=C/CCCCCC. The largest absolute Gasteiger partial charge is 0.477 e. The molecule has 0 saturated carbocycles. The van der Waals surface area contributed by atoms with Crippen molar-refractivity contribution in [2.24, 2.45) is 0 Å². The smallest absolute Gasteiger partial charge is 0.362 e. The first kappa shape index (κ1) is 46.0. The molecule has 1 N–H and O–H groups in total. The molecule has 0 heterocycles. The van der Waals surface area contributed by atoms with Crippen LogP contribution in [0.2, 0.25) is 0 Å². The third-order valence-electron chi connectivity index (χ3n) is 7.90. The maximum atomic E-state index is 12.6. The van der Waals surface area contributed by atoms with E-state index in [1.54, 1.807) is 0 Å². The van der Waals surface area contributed by atoms with Crippen LogP contribution in [0, 0.1) is 0 Å². The van der Waals surface area contributed by atoms with Crippen LogP contribution in [0.5, 0.6) is 0 Å². The first-order valence-electron chi connectivity index (χ1n) is 18.8. The molecule has 0 saturated heterocycles. The fourth-order valence-electron chi connectivity index (χ4n) is 4.97. The van der Waals surface area contributed by atoms with E-state index in [1.165, 1.54) is 25.7 Å². The zero-order chi connectivity index (χ0) is 36.4. The lowest BCUT2D eigenvalue weighted by molar-refractivity contribution is -0.887. The molecule has 0 aliphatic rings. The molecular weight excluding hydrogens is 618 g/mol. The number of nitrogens with zero attached hydrogens (tertiary/aromatic N) is 1. The molecule has 2 unspecified atom stereocenters. The third-order valence-corrected chi connectivity index (χ3v) is 7.90. The molecule has 0 rings (SSSR count). The van der Waals surface area contributed by atoms with Crippen LogP contribution in [-0.4, -0.2) is 80.6 Å². The number of quaternary nitrogens is 1. The van der Waals surface area contributed by atoms with Crippen LogP contribution in [0.15, 0.2) is 60.8 Å². The van der Waals surface area contributed by atoms with E-state index in [2.05, 4.69) is 74.6 Å². The van der Waals surface area contributed by atoms with E-state index in [-0.39, 0.29) is 42.7 Å². The molecule has 0 fully saturated rings. The summed E-state index contributed by atoms with van der Waals surface area (Å²) >= 11 is 0. The van der Waals surface area contributed by atoms with Gasteiger partial charge in [0, 0.05) is 19.3 Å². The second-order valence-electron chi connectivity index (χ2n) is 13.4. The fourth-order valence-corrected chi connectivity index (χ4v) is 4.97. The van der Waals surface area contributed by atoms with Gasteiger partial charge in [-0.05, 0) is 70.6 Å². The highest BCUT2D eigenvalue weighted by Crippen LogP contribution is 2.11. The monoisotopic (exact) mass is 689 g/mol. The van der Waals surface area contributed by atoms with Crippen LogP contribution < -0.4 is 0 Å². The van der Waals surface area contributed by atoms with Gasteiger partial charge in [0.05, 0.1) is 34.4 Å². The van der Waals surface area contributed by atoms with Gasteiger partial charge in [0.25, 0.3) is 0 Å². The zero-order valence-corrected chi connectivity index (χ0v) is 31.6. The van der Waals surface area contributed by atoms with Crippen LogP contribution in [0.1, 0.15) is 129 Å². The van der Waals surface area contributed by atoms with Crippen molar-refractivity contribution in [3.63, 3.8) is 0 Å². The Hall–Kier alpha value is -2.97. The molecule has 0 radical (unpaired) electrons. The maximum Gasteiger partial charge on any atom is 0.362 e. The van der Waals surface area contributed by atoms with E-state index in [1.807, 2.05) is 21.1 Å². The first-order chi connectivity index (χ1) is 23.6. The van der Waals surface area contributed by atoms with Crippen LogP contribution >= 0.6 is 0 Å². The summed E-state index contributed by atoms with van der Waals surface area (Å²) in [7, 11) is 5.49. The molecule has 2 atom stereocenters. The second-order valence-corrected chi connectivity index (χ2v) is 13.4. The minimum Gasteiger partial charge on any atom is -0.477 e. The number of likely N-dealkylation sites (N-methyl/N-ethyl adjacent to an activating group) is 1. The Labute approximate surface area is 298 Å². The highest BCUT2D eigenvalue weighted by atomic mass is 16.6. The number of rotatable bonds is 32. The predicted octanol–water partition coefficient (Wildman–Crippen LogP) is 9.46. The van der Waals surface area contributed by atoms with Gasteiger partial charge >= 0.3 is 17.9 Å². The van der Waals surface area contributed by atoms with Gasteiger partial charge in [-0.3, -0.25) is 9.59 Å². The Morgan fingerprint density at radius 3 is 1.73 bits per heavy atom. The Kier molecular flexibility index (Phi) is 30.3. The van der Waals surface area contributed by atoms with Gasteiger partial charge in [0.1, 0.15) is 6.61 Å². The standard InChI is InChI=1S/C41H69NO7/c1-6-8-10-12-14-16-17-18-19-20-21-22-24-26-28-30-32-40(44)49-37(35-47-34-33-38(41(45)46)42(3,4)5)36-48-39(43)31-29-27-25-23-15-13-11-9-7-2/h8,10,14,16,18-19,21-23,25,37-38H,6-7,9,11-13,15,17,20,24,26-36H2,1-5H3/p+1/b10-8+,16-14+,19-18+,22-21+,25-23+. The molecule has 0 aliphatic carbocycles. The molecule has 0 aliphatic heterocycles. The number of ether oxygens (including phenoxy) is 3. The summed E-state index contributed by atoms with van der Waals surface area (Å²) in [6.45, 7) is 4.49. The molecule has 0 aromatic heterocycles. The van der Waals surface area contributed by atoms with E-state index in [0.717, 1.165) is 64.2 Å². The number of carboxylic acids is 1. The van der Waals surface area contributed by atoms with Crippen molar-refractivity contribution in [1.82, 2.24) is 0 Å². The van der Waals surface area contributed by atoms with Gasteiger partial charge in [-0.1, -0.05) is 100 Å². The minimum atomic E-state index is -0.888. The summed E-state index contributed by atoms with van der Waals surface area (Å²) in [5.74, 6) is -1.56. The van der Waals surface area contributed by atoms with Gasteiger partial charge < -0.3 is 23.8 Å². The zero-order valence-electron chi connectivity index (χ0n) is 31.6. The van der Waals surface area contributed by atoms with Crippen molar-refractivity contribution >= 4 is 17.9 Å². The molecular formula is C41H70NO7+. The van der Waals surface area contributed by atoms with E-state index >= 15 is 0 Å². The number of aliphatic carboxylic acids is 1. The number of carbonyl (C=O) groups is 3. The Morgan fingerprint density at radius 1 is 0.633 bits per heavy atom. The van der Waals surface area contributed by atoms with E-state index in [9.17, 15) is 19.5 Å².